The van der Waals surface area contributed by atoms with E-state index in [2.05, 4.69) is 31.1 Å². The molecule has 0 aliphatic heterocycles. The molecule has 104 valence electrons. The summed E-state index contributed by atoms with van der Waals surface area (Å²) in [7, 11) is 0. The van der Waals surface area contributed by atoms with E-state index >= 15 is 0 Å². The Balaban J connectivity index is 2.05. The standard InChI is InChI=1S/C16H18N2O2/c1-16(2,3)13-10-7-11-14(17-13)18-15(19)20-12-8-5-4-6-9-12/h4-11H,1-3H3,(H,17,18,19). The summed E-state index contributed by atoms with van der Waals surface area (Å²) in [5.41, 5.74) is 0.844. The van der Waals surface area contributed by atoms with Crippen LogP contribution in [0.5, 0.6) is 5.75 Å². The molecule has 0 radical (unpaired) electrons. The smallest absolute Gasteiger partial charge is 0.410 e. The van der Waals surface area contributed by atoms with E-state index in [1.807, 2.05) is 18.2 Å². The number of hydrogen-bond acceptors (Lipinski definition) is 3. The van der Waals surface area contributed by atoms with E-state index in [0.29, 0.717) is 11.6 Å². The summed E-state index contributed by atoms with van der Waals surface area (Å²) in [6.45, 7) is 6.21. The number of ether oxygens (including phenoxy) is 1. The van der Waals surface area contributed by atoms with Crippen molar-refractivity contribution in [2.45, 2.75) is 26.2 Å². The molecular weight excluding hydrogens is 252 g/mol. The molecular formula is C16H18N2O2. The van der Waals surface area contributed by atoms with Crippen LogP contribution in [-0.4, -0.2) is 11.1 Å². The summed E-state index contributed by atoms with van der Waals surface area (Å²) in [5, 5.41) is 2.63. The minimum absolute atomic E-state index is 0.0684. The lowest BCUT2D eigenvalue weighted by Gasteiger charge is -2.18. The number of benzene rings is 1. The molecule has 0 bridgehead atoms. The first kappa shape index (κ1) is 14.1. The number of amides is 1. The number of carbonyl (C=O) groups excluding carboxylic acids is 1. The number of pyridine rings is 1. The van der Waals surface area contributed by atoms with Gasteiger partial charge in [-0.25, -0.2) is 9.78 Å². The monoisotopic (exact) mass is 270 g/mol. The maximum atomic E-state index is 11.8. The predicted octanol–water partition coefficient (Wildman–Crippen LogP) is 3.99. The highest BCUT2D eigenvalue weighted by Crippen LogP contribution is 2.21. The molecule has 1 amide bonds. The molecule has 0 aliphatic rings. The third-order valence-electron chi connectivity index (χ3n) is 2.70. The minimum Gasteiger partial charge on any atom is -0.410 e. The number of rotatable bonds is 2. The highest BCUT2D eigenvalue weighted by Gasteiger charge is 2.16. The molecule has 0 atom stereocenters. The fraction of sp³-hybridized carbons (Fsp3) is 0.250. The molecule has 0 aliphatic carbocycles. The first-order valence-electron chi connectivity index (χ1n) is 6.46. The van der Waals surface area contributed by atoms with Crippen molar-refractivity contribution < 1.29 is 9.53 Å². The van der Waals surface area contributed by atoms with Crippen LogP contribution in [0.3, 0.4) is 0 Å². The van der Waals surface area contributed by atoms with Crippen molar-refractivity contribution in [1.29, 1.82) is 0 Å². The number of anilines is 1. The normalized spacial score (nSPS) is 10.9. The van der Waals surface area contributed by atoms with Gasteiger partial charge in [0.1, 0.15) is 11.6 Å². The van der Waals surface area contributed by atoms with Crippen molar-refractivity contribution in [3.8, 4) is 5.75 Å². The number of carbonyl (C=O) groups is 1. The molecule has 1 aromatic heterocycles. The van der Waals surface area contributed by atoms with Crippen molar-refractivity contribution in [2.75, 3.05) is 5.32 Å². The van der Waals surface area contributed by atoms with E-state index in [0.717, 1.165) is 5.69 Å². The first-order chi connectivity index (χ1) is 9.45. The van der Waals surface area contributed by atoms with Gasteiger partial charge < -0.3 is 4.74 Å². The lowest BCUT2D eigenvalue weighted by atomic mass is 9.92. The minimum atomic E-state index is -0.547. The molecule has 20 heavy (non-hydrogen) atoms. The van der Waals surface area contributed by atoms with Gasteiger partial charge in [-0.2, -0.15) is 0 Å². The zero-order valence-electron chi connectivity index (χ0n) is 11.9. The second-order valence-corrected chi connectivity index (χ2v) is 5.49. The second kappa shape index (κ2) is 5.74. The quantitative estimate of drug-likeness (QED) is 0.897. The highest BCUT2D eigenvalue weighted by atomic mass is 16.6. The summed E-state index contributed by atoms with van der Waals surface area (Å²) >= 11 is 0. The Labute approximate surface area is 118 Å². The van der Waals surface area contributed by atoms with Gasteiger partial charge >= 0.3 is 6.09 Å². The zero-order valence-corrected chi connectivity index (χ0v) is 11.9. The number of para-hydroxylation sites is 1. The van der Waals surface area contributed by atoms with E-state index in [4.69, 9.17) is 4.74 Å². The summed E-state index contributed by atoms with van der Waals surface area (Å²) < 4.78 is 5.15. The molecule has 4 heteroatoms. The molecule has 0 spiro atoms. The summed E-state index contributed by atoms with van der Waals surface area (Å²) in [4.78, 5) is 16.2. The van der Waals surface area contributed by atoms with Crippen LogP contribution < -0.4 is 10.1 Å². The average molecular weight is 270 g/mol. The van der Waals surface area contributed by atoms with Crippen molar-refractivity contribution in [3.63, 3.8) is 0 Å². The number of nitrogens with one attached hydrogen (secondary N) is 1. The Morgan fingerprint density at radius 1 is 1.05 bits per heavy atom. The number of aromatic nitrogens is 1. The number of hydrogen-bond donors (Lipinski definition) is 1. The SMILES string of the molecule is CC(C)(C)c1cccc(NC(=O)Oc2ccccc2)n1. The fourth-order valence-corrected chi connectivity index (χ4v) is 1.65. The molecule has 2 rings (SSSR count). The molecule has 0 saturated heterocycles. The van der Waals surface area contributed by atoms with E-state index in [1.54, 1.807) is 30.3 Å². The van der Waals surface area contributed by atoms with Gasteiger partial charge in [0, 0.05) is 11.1 Å². The summed E-state index contributed by atoms with van der Waals surface area (Å²) in [5.74, 6) is 0.982. The summed E-state index contributed by atoms with van der Waals surface area (Å²) in [6.07, 6.45) is -0.547. The van der Waals surface area contributed by atoms with Gasteiger partial charge in [0.15, 0.2) is 0 Å². The van der Waals surface area contributed by atoms with Gasteiger partial charge in [0.05, 0.1) is 0 Å². The fourth-order valence-electron chi connectivity index (χ4n) is 1.65. The van der Waals surface area contributed by atoms with E-state index in [1.165, 1.54) is 0 Å². The number of nitrogens with zero attached hydrogens (tertiary/aromatic N) is 1. The van der Waals surface area contributed by atoms with Crippen LogP contribution in [0.15, 0.2) is 48.5 Å². The molecule has 0 saturated carbocycles. The van der Waals surface area contributed by atoms with Gasteiger partial charge in [-0.3, -0.25) is 5.32 Å². The van der Waals surface area contributed by atoms with E-state index in [-0.39, 0.29) is 5.41 Å². The Kier molecular flexibility index (Phi) is 4.03. The van der Waals surface area contributed by atoms with Crippen molar-refractivity contribution in [2.24, 2.45) is 0 Å². The third kappa shape index (κ3) is 3.82. The van der Waals surface area contributed by atoms with Crippen molar-refractivity contribution in [3.05, 3.63) is 54.2 Å². The van der Waals surface area contributed by atoms with Gasteiger partial charge in [0.2, 0.25) is 0 Å². The van der Waals surface area contributed by atoms with Crippen molar-refractivity contribution in [1.82, 2.24) is 4.98 Å². The topological polar surface area (TPSA) is 51.2 Å². The van der Waals surface area contributed by atoms with Gasteiger partial charge in [0.25, 0.3) is 0 Å². The maximum absolute atomic E-state index is 11.8. The zero-order chi connectivity index (χ0) is 14.6. The van der Waals surface area contributed by atoms with Crippen LogP contribution in [0.1, 0.15) is 26.5 Å². The van der Waals surface area contributed by atoms with Gasteiger partial charge in [-0.15, -0.1) is 0 Å². The van der Waals surface area contributed by atoms with E-state index in [9.17, 15) is 4.79 Å². The molecule has 0 fully saturated rings. The van der Waals surface area contributed by atoms with Crippen LogP contribution in [0.4, 0.5) is 10.6 Å². The van der Waals surface area contributed by atoms with Gasteiger partial charge in [-0.05, 0) is 24.3 Å². The molecule has 1 aromatic carbocycles. The largest absolute Gasteiger partial charge is 0.418 e. The lowest BCUT2D eigenvalue weighted by Crippen LogP contribution is -2.19. The predicted molar refractivity (Wildman–Crippen MR) is 79.0 cm³/mol. The molecule has 1 heterocycles. The molecule has 0 unspecified atom stereocenters. The van der Waals surface area contributed by atoms with Crippen molar-refractivity contribution >= 4 is 11.9 Å². The van der Waals surface area contributed by atoms with Crippen LogP contribution in [-0.2, 0) is 5.41 Å². The van der Waals surface area contributed by atoms with Crippen LogP contribution >= 0.6 is 0 Å². The van der Waals surface area contributed by atoms with Crippen LogP contribution in [0, 0.1) is 0 Å². The first-order valence-corrected chi connectivity index (χ1v) is 6.46. The molecule has 2 aromatic rings. The average Bonchev–Trinajstić information content (AvgIpc) is 2.39. The summed E-state index contributed by atoms with van der Waals surface area (Å²) in [6, 6.07) is 14.5. The Morgan fingerprint density at radius 2 is 1.75 bits per heavy atom. The third-order valence-corrected chi connectivity index (χ3v) is 2.70. The Bertz CT molecular complexity index is 589. The Morgan fingerprint density at radius 3 is 2.40 bits per heavy atom. The molecule has 4 nitrogen and oxygen atoms in total. The Hall–Kier alpha value is -2.36. The van der Waals surface area contributed by atoms with Crippen LogP contribution in [0.25, 0.3) is 0 Å². The highest BCUT2D eigenvalue weighted by molar-refractivity contribution is 5.85. The van der Waals surface area contributed by atoms with E-state index < -0.39 is 6.09 Å². The second-order valence-electron chi connectivity index (χ2n) is 5.49. The lowest BCUT2D eigenvalue weighted by molar-refractivity contribution is 0.215. The van der Waals surface area contributed by atoms with Crippen LogP contribution in [0.2, 0.25) is 0 Å². The maximum Gasteiger partial charge on any atom is 0.418 e. The van der Waals surface area contributed by atoms with Gasteiger partial charge in [-0.1, -0.05) is 45.0 Å². The molecule has 1 N–H and O–H groups in total.